The maximum absolute atomic E-state index is 3.12. The van der Waals surface area contributed by atoms with E-state index in [1.165, 1.54) is 44.1 Å². The van der Waals surface area contributed by atoms with E-state index in [0.717, 1.165) is 12.8 Å². The summed E-state index contributed by atoms with van der Waals surface area (Å²) in [7, 11) is 0. The van der Waals surface area contributed by atoms with Crippen LogP contribution in [0.5, 0.6) is 0 Å². The van der Waals surface area contributed by atoms with Crippen LogP contribution >= 0.6 is 0 Å². The average molecular weight is 473 g/mol. The van der Waals surface area contributed by atoms with Crippen LogP contribution in [0.1, 0.15) is 30.9 Å². The van der Waals surface area contributed by atoms with Gasteiger partial charge < -0.3 is 24.8 Å². The summed E-state index contributed by atoms with van der Waals surface area (Å²) in [4.78, 5) is 0. The van der Waals surface area contributed by atoms with E-state index in [2.05, 4.69) is 98.0 Å². The standard InChI is InChI=1S/C13H10.C6H7.C5H5.2ClH.Zr/c1-3-7-12(8-4-1)11-13-9-5-2-6-10-13;1-6-4-2-3-5-6;1-2-4-5-3-1;;;/h1-10H;2,4H,3H2,1H3;1-3H,4H2;2*1H;/q;2*-1;;;+2/p-2. The summed E-state index contributed by atoms with van der Waals surface area (Å²) in [5.41, 5.74) is 3.93. The van der Waals surface area contributed by atoms with Gasteiger partial charge in [-0.25, -0.2) is 23.8 Å². The molecule has 0 unspecified atom stereocenters. The van der Waals surface area contributed by atoms with Crippen molar-refractivity contribution in [3.05, 3.63) is 120 Å². The summed E-state index contributed by atoms with van der Waals surface area (Å²) in [5, 5.41) is 0. The first kappa shape index (κ1) is 25.7. The average Bonchev–Trinajstić information content (AvgIpc) is 3.40. The zero-order valence-corrected chi connectivity index (χ0v) is 19.3. The molecule has 2 aromatic rings. The second kappa shape index (κ2) is 15.8. The Morgan fingerprint density at radius 3 is 1.63 bits per heavy atom. The van der Waals surface area contributed by atoms with Gasteiger partial charge in [0.25, 0.3) is 0 Å². The van der Waals surface area contributed by atoms with Crippen LogP contribution in [0, 0.1) is 12.2 Å². The van der Waals surface area contributed by atoms with Crippen LogP contribution < -0.4 is 24.8 Å². The van der Waals surface area contributed by atoms with Gasteiger partial charge in [-0.15, -0.1) is 12.8 Å². The summed E-state index contributed by atoms with van der Waals surface area (Å²) < 4.78 is 1.42. The van der Waals surface area contributed by atoms with E-state index in [0.29, 0.717) is 0 Å². The molecule has 0 N–H and O–H groups in total. The minimum absolute atomic E-state index is 0. The van der Waals surface area contributed by atoms with Crippen LogP contribution in [0.3, 0.4) is 0 Å². The number of halogens is 2. The van der Waals surface area contributed by atoms with Crippen LogP contribution in [0.2, 0.25) is 0 Å². The third kappa shape index (κ3) is 10.6. The Morgan fingerprint density at radius 1 is 0.815 bits per heavy atom. The monoisotopic (exact) mass is 470 g/mol. The van der Waals surface area contributed by atoms with Gasteiger partial charge in [0.1, 0.15) is 0 Å². The Hall–Kier alpha value is -1.27. The molecule has 2 aliphatic rings. The van der Waals surface area contributed by atoms with Gasteiger partial charge in [-0.05, 0) is 0 Å². The van der Waals surface area contributed by atoms with Crippen molar-refractivity contribution in [1.82, 2.24) is 0 Å². The molecule has 138 valence electrons. The molecule has 0 fully saturated rings. The van der Waals surface area contributed by atoms with E-state index < -0.39 is 0 Å². The van der Waals surface area contributed by atoms with E-state index in [-0.39, 0.29) is 24.8 Å². The van der Waals surface area contributed by atoms with Gasteiger partial charge in [-0.3, -0.25) is 12.2 Å². The molecular formula is C24H22Cl2Zr-2. The van der Waals surface area contributed by atoms with Crippen LogP contribution in [-0.2, 0) is 24.2 Å². The molecule has 4 rings (SSSR count). The van der Waals surface area contributed by atoms with Crippen molar-refractivity contribution < 1.29 is 49.0 Å². The predicted octanol–water partition coefficient (Wildman–Crippen LogP) is -0.188. The maximum atomic E-state index is 3.12. The van der Waals surface area contributed by atoms with Gasteiger partial charge in [0, 0.05) is 0 Å². The van der Waals surface area contributed by atoms with Crippen molar-refractivity contribution >= 4 is 3.21 Å². The molecular weight excluding hydrogens is 450 g/mol. The van der Waals surface area contributed by atoms with Gasteiger partial charge in [0.05, 0.1) is 0 Å². The fourth-order valence-electron chi connectivity index (χ4n) is 2.23. The molecule has 0 nitrogen and oxygen atoms in total. The van der Waals surface area contributed by atoms with Crippen LogP contribution in [0.25, 0.3) is 0 Å². The van der Waals surface area contributed by atoms with Gasteiger partial charge in [-0.2, -0.15) is 12.2 Å². The summed E-state index contributed by atoms with van der Waals surface area (Å²) >= 11 is 1.46. The number of allylic oxidation sites excluding steroid dienone is 8. The molecule has 0 radical (unpaired) electrons. The number of benzene rings is 2. The molecule has 3 heteroatoms. The Bertz CT molecular complexity index is 718. The molecule has 0 aliphatic heterocycles. The van der Waals surface area contributed by atoms with E-state index in [1.807, 2.05) is 12.2 Å². The topological polar surface area (TPSA) is 0 Å². The molecule has 0 aromatic heterocycles. The third-order valence-electron chi connectivity index (χ3n) is 3.58. The van der Waals surface area contributed by atoms with Crippen LogP contribution in [0.15, 0.2) is 96.6 Å². The first-order chi connectivity index (χ1) is 12.3. The fraction of sp³-hybridized carbons (Fsp3) is 0.125. The SMILES string of the molecule is CC1=[C-]CC=C1.[C-]1=CC=CC1.[Cl-].[Cl-].[Zr+2]=[C](c1ccccc1)c1ccccc1. The van der Waals surface area contributed by atoms with Crippen molar-refractivity contribution in [2.75, 3.05) is 0 Å². The number of rotatable bonds is 2. The van der Waals surface area contributed by atoms with E-state index in [4.69, 9.17) is 0 Å². The second-order valence-corrected chi connectivity index (χ2v) is 6.81. The summed E-state index contributed by atoms with van der Waals surface area (Å²) in [6.45, 7) is 2.06. The first-order valence-corrected chi connectivity index (χ1v) is 9.65. The zero-order chi connectivity index (χ0) is 17.7. The Labute approximate surface area is 190 Å². The van der Waals surface area contributed by atoms with E-state index in [9.17, 15) is 0 Å². The van der Waals surface area contributed by atoms with Crippen molar-refractivity contribution in [2.24, 2.45) is 0 Å². The minimum atomic E-state index is 0. The molecule has 0 saturated carbocycles. The van der Waals surface area contributed by atoms with Crippen molar-refractivity contribution in [1.29, 1.82) is 0 Å². The van der Waals surface area contributed by atoms with Crippen molar-refractivity contribution in [3.63, 3.8) is 0 Å². The van der Waals surface area contributed by atoms with Gasteiger partial charge >= 0.3 is 99.2 Å². The third-order valence-corrected chi connectivity index (χ3v) is 5.00. The molecule has 0 heterocycles. The molecule has 0 spiro atoms. The van der Waals surface area contributed by atoms with E-state index >= 15 is 0 Å². The van der Waals surface area contributed by atoms with Crippen LogP contribution in [0.4, 0.5) is 0 Å². The molecule has 0 saturated heterocycles. The van der Waals surface area contributed by atoms with Crippen LogP contribution in [-0.4, -0.2) is 3.21 Å². The van der Waals surface area contributed by atoms with Crippen molar-refractivity contribution in [2.45, 2.75) is 19.8 Å². The molecule has 0 amide bonds. The normalized spacial score (nSPS) is 12.5. The molecule has 0 bridgehead atoms. The molecule has 2 aromatic carbocycles. The molecule has 27 heavy (non-hydrogen) atoms. The van der Waals surface area contributed by atoms with Crippen molar-refractivity contribution in [3.8, 4) is 0 Å². The van der Waals surface area contributed by atoms with Gasteiger partial charge in [0.2, 0.25) is 0 Å². The first-order valence-electron chi connectivity index (χ1n) is 8.42. The Kier molecular flexibility index (Phi) is 15.0. The number of hydrogen-bond donors (Lipinski definition) is 0. The summed E-state index contributed by atoms with van der Waals surface area (Å²) in [6, 6.07) is 21.1. The zero-order valence-electron chi connectivity index (χ0n) is 15.3. The summed E-state index contributed by atoms with van der Waals surface area (Å²) in [6.07, 6.45) is 18.3. The molecule has 2 aliphatic carbocycles. The summed E-state index contributed by atoms with van der Waals surface area (Å²) in [5.74, 6) is 0. The second-order valence-electron chi connectivity index (χ2n) is 5.58. The quantitative estimate of drug-likeness (QED) is 0.532. The van der Waals surface area contributed by atoms with Gasteiger partial charge in [-0.1, -0.05) is 6.92 Å². The van der Waals surface area contributed by atoms with Gasteiger partial charge in [0.15, 0.2) is 0 Å². The Balaban J connectivity index is 0.000000433. The fourth-order valence-corrected chi connectivity index (χ4v) is 3.05. The van der Waals surface area contributed by atoms with E-state index in [1.54, 1.807) is 0 Å². The number of hydrogen-bond acceptors (Lipinski definition) is 0. The molecule has 0 atom stereocenters. The predicted molar refractivity (Wildman–Crippen MR) is 104 cm³/mol. The Morgan fingerprint density at radius 2 is 1.37 bits per heavy atom.